The molecule has 1 saturated heterocycles. The summed E-state index contributed by atoms with van der Waals surface area (Å²) in [5.41, 5.74) is 6.32. The van der Waals surface area contributed by atoms with Gasteiger partial charge in [-0.25, -0.2) is 0 Å². The Morgan fingerprint density at radius 2 is 2.21 bits per heavy atom. The molecule has 2 nitrogen and oxygen atoms in total. The van der Waals surface area contributed by atoms with Crippen LogP contribution in [0.25, 0.3) is 0 Å². The molecule has 82 valence electrons. The van der Waals surface area contributed by atoms with Crippen LogP contribution < -0.4 is 5.73 Å². The number of thioether (sulfide) groups is 1. The number of hydrogen-bond donors (Lipinski definition) is 1. The molecule has 0 aromatic carbocycles. The highest BCUT2D eigenvalue weighted by Gasteiger charge is 2.46. The lowest BCUT2D eigenvalue weighted by Crippen LogP contribution is -2.60. The van der Waals surface area contributed by atoms with E-state index < -0.39 is 0 Å². The lowest BCUT2D eigenvalue weighted by Gasteiger charge is -2.48. The summed E-state index contributed by atoms with van der Waals surface area (Å²) in [7, 11) is 2.29. The molecule has 2 N–H and O–H groups in total. The van der Waals surface area contributed by atoms with Gasteiger partial charge in [0.05, 0.1) is 0 Å². The van der Waals surface area contributed by atoms with E-state index in [0.29, 0.717) is 10.8 Å². The quantitative estimate of drug-likeness (QED) is 0.775. The number of hydrogen-bond acceptors (Lipinski definition) is 3. The van der Waals surface area contributed by atoms with Gasteiger partial charge >= 0.3 is 0 Å². The summed E-state index contributed by atoms with van der Waals surface area (Å²) >= 11 is 2.09. The minimum atomic E-state index is 0.301. The lowest BCUT2D eigenvalue weighted by molar-refractivity contribution is 0.0411. The molecule has 3 heteroatoms. The number of likely N-dealkylation sites (N-methyl/N-ethyl adjacent to an activating group) is 1. The van der Waals surface area contributed by atoms with Crippen molar-refractivity contribution in [2.24, 2.45) is 5.73 Å². The zero-order chi connectivity index (χ0) is 10.2. The van der Waals surface area contributed by atoms with E-state index in [1.807, 2.05) is 0 Å². The Kier molecular flexibility index (Phi) is 3.10. The number of rotatable bonds is 3. The van der Waals surface area contributed by atoms with Gasteiger partial charge in [0.15, 0.2) is 0 Å². The molecule has 1 heterocycles. The normalized spacial score (nSPS) is 39.0. The first kappa shape index (κ1) is 10.8. The fourth-order valence-electron chi connectivity index (χ4n) is 2.78. The second kappa shape index (κ2) is 4.03. The number of nitrogens with zero attached hydrogens (tertiary/aromatic N) is 1. The monoisotopic (exact) mass is 214 g/mol. The van der Waals surface area contributed by atoms with Crippen LogP contribution in [-0.4, -0.2) is 41.1 Å². The molecule has 1 saturated carbocycles. The first-order valence-electron chi connectivity index (χ1n) is 5.75. The zero-order valence-corrected chi connectivity index (χ0v) is 10.1. The van der Waals surface area contributed by atoms with Gasteiger partial charge < -0.3 is 5.73 Å². The molecule has 14 heavy (non-hydrogen) atoms. The van der Waals surface area contributed by atoms with Crippen molar-refractivity contribution in [2.45, 2.75) is 49.4 Å². The number of nitrogens with two attached hydrogens (primary N) is 1. The Balaban J connectivity index is 2.09. The average Bonchev–Trinajstić information content (AvgIpc) is 2.44. The van der Waals surface area contributed by atoms with Crippen LogP contribution in [0.15, 0.2) is 0 Å². The van der Waals surface area contributed by atoms with E-state index >= 15 is 0 Å². The van der Waals surface area contributed by atoms with Crippen molar-refractivity contribution in [1.29, 1.82) is 0 Å². The highest BCUT2D eigenvalue weighted by atomic mass is 32.2. The Bertz CT molecular complexity index is 205. The van der Waals surface area contributed by atoms with E-state index in [1.165, 1.54) is 31.4 Å². The summed E-state index contributed by atoms with van der Waals surface area (Å²) in [4.78, 5) is 2.60. The molecule has 0 amide bonds. The molecule has 0 aromatic rings. The fourth-order valence-corrected chi connectivity index (χ4v) is 4.30. The van der Waals surface area contributed by atoms with Crippen LogP contribution >= 0.6 is 11.8 Å². The molecular weight excluding hydrogens is 192 g/mol. The van der Waals surface area contributed by atoms with E-state index in [1.54, 1.807) is 0 Å². The Labute approximate surface area is 91.6 Å². The first-order valence-corrected chi connectivity index (χ1v) is 6.80. The molecule has 0 radical (unpaired) electrons. The fraction of sp³-hybridized carbons (Fsp3) is 1.00. The van der Waals surface area contributed by atoms with E-state index in [2.05, 4.69) is 30.6 Å². The molecule has 0 bridgehead atoms. The van der Waals surface area contributed by atoms with Crippen LogP contribution in [0, 0.1) is 0 Å². The predicted molar refractivity (Wildman–Crippen MR) is 63.7 cm³/mol. The van der Waals surface area contributed by atoms with Crippen molar-refractivity contribution in [3.8, 4) is 0 Å². The highest BCUT2D eigenvalue weighted by Crippen LogP contribution is 2.42. The molecule has 2 aliphatic rings. The maximum Gasteiger partial charge on any atom is 0.0455 e. The van der Waals surface area contributed by atoms with Crippen molar-refractivity contribution in [1.82, 2.24) is 4.90 Å². The van der Waals surface area contributed by atoms with Gasteiger partial charge in [0, 0.05) is 23.4 Å². The standard InChI is InChI=1S/C11H22N2S/c1-9-11(8-12,6-7-14-9)13(2)10-4-3-5-10/h9-10H,3-8,12H2,1-2H3. The molecule has 0 spiro atoms. The Hall–Kier alpha value is 0.270. The third kappa shape index (κ3) is 1.50. The van der Waals surface area contributed by atoms with Crippen LogP contribution in [0.4, 0.5) is 0 Å². The molecule has 0 aromatic heterocycles. The van der Waals surface area contributed by atoms with Gasteiger partial charge in [-0.3, -0.25) is 4.90 Å². The highest BCUT2D eigenvalue weighted by molar-refractivity contribution is 8.00. The lowest BCUT2D eigenvalue weighted by atomic mass is 9.83. The maximum absolute atomic E-state index is 6.02. The topological polar surface area (TPSA) is 29.3 Å². The minimum absolute atomic E-state index is 0.301. The average molecular weight is 214 g/mol. The van der Waals surface area contributed by atoms with Crippen LogP contribution in [-0.2, 0) is 0 Å². The minimum Gasteiger partial charge on any atom is -0.329 e. The summed E-state index contributed by atoms with van der Waals surface area (Å²) < 4.78 is 0. The SMILES string of the molecule is CC1SCCC1(CN)N(C)C1CCC1. The first-order chi connectivity index (χ1) is 6.70. The van der Waals surface area contributed by atoms with Crippen LogP contribution in [0.2, 0.25) is 0 Å². The third-order valence-electron chi connectivity index (χ3n) is 4.34. The molecular formula is C11H22N2S. The summed E-state index contributed by atoms with van der Waals surface area (Å²) in [6, 6.07) is 0.819. The summed E-state index contributed by atoms with van der Waals surface area (Å²) in [5, 5.41) is 0.707. The second-order valence-electron chi connectivity index (χ2n) is 4.77. The Morgan fingerprint density at radius 1 is 1.50 bits per heavy atom. The second-order valence-corrected chi connectivity index (χ2v) is 6.22. The van der Waals surface area contributed by atoms with Gasteiger partial charge in [0.1, 0.15) is 0 Å². The molecule has 2 fully saturated rings. The molecule has 2 rings (SSSR count). The van der Waals surface area contributed by atoms with Crippen molar-refractivity contribution in [2.75, 3.05) is 19.3 Å². The molecule has 2 unspecified atom stereocenters. The maximum atomic E-state index is 6.02. The van der Waals surface area contributed by atoms with E-state index in [9.17, 15) is 0 Å². The van der Waals surface area contributed by atoms with Crippen LogP contribution in [0.1, 0.15) is 32.6 Å². The summed E-state index contributed by atoms with van der Waals surface area (Å²) in [6.45, 7) is 3.17. The van der Waals surface area contributed by atoms with Gasteiger partial charge in [0.25, 0.3) is 0 Å². The van der Waals surface area contributed by atoms with Gasteiger partial charge in [-0.05, 0) is 32.1 Å². The van der Waals surface area contributed by atoms with Crippen LogP contribution in [0.3, 0.4) is 0 Å². The Morgan fingerprint density at radius 3 is 2.57 bits per heavy atom. The van der Waals surface area contributed by atoms with Crippen molar-refractivity contribution in [3.63, 3.8) is 0 Å². The van der Waals surface area contributed by atoms with Gasteiger partial charge in [-0.15, -0.1) is 0 Å². The summed E-state index contributed by atoms with van der Waals surface area (Å²) in [5.74, 6) is 1.29. The van der Waals surface area contributed by atoms with Gasteiger partial charge in [0.2, 0.25) is 0 Å². The summed E-state index contributed by atoms with van der Waals surface area (Å²) in [6.07, 6.45) is 5.46. The third-order valence-corrected chi connectivity index (χ3v) is 5.72. The molecule has 1 aliphatic carbocycles. The smallest absolute Gasteiger partial charge is 0.0455 e. The molecule has 2 atom stereocenters. The van der Waals surface area contributed by atoms with Gasteiger partial charge in [-0.1, -0.05) is 13.3 Å². The van der Waals surface area contributed by atoms with E-state index in [-0.39, 0.29) is 0 Å². The zero-order valence-electron chi connectivity index (χ0n) is 9.33. The van der Waals surface area contributed by atoms with Crippen LogP contribution in [0.5, 0.6) is 0 Å². The van der Waals surface area contributed by atoms with Crippen molar-refractivity contribution >= 4 is 11.8 Å². The van der Waals surface area contributed by atoms with E-state index in [4.69, 9.17) is 5.73 Å². The van der Waals surface area contributed by atoms with Crippen molar-refractivity contribution in [3.05, 3.63) is 0 Å². The molecule has 1 aliphatic heterocycles. The predicted octanol–water partition coefficient (Wildman–Crippen LogP) is 1.69. The van der Waals surface area contributed by atoms with Crippen molar-refractivity contribution < 1.29 is 0 Å². The van der Waals surface area contributed by atoms with Gasteiger partial charge in [-0.2, -0.15) is 11.8 Å². The largest absolute Gasteiger partial charge is 0.329 e. The van der Waals surface area contributed by atoms with E-state index in [0.717, 1.165) is 12.6 Å².